The second-order valence-corrected chi connectivity index (χ2v) is 5.63. The normalized spacial score (nSPS) is 31.1. The Morgan fingerprint density at radius 3 is 2.59 bits per heavy atom. The van der Waals surface area contributed by atoms with Gasteiger partial charge in [0.2, 0.25) is 0 Å². The van der Waals surface area contributed by atoms with Gasteiger partial charge in [0.25, 0.3) is 6.43 Å². The van der Waals surface area contributed by atoms with E-state index in [0.717, 1.165) is 25.4 Å². The first-order valence-corrected chi connectivity index (χ1v) is 6.91. The van der Waals surface area contributed by atoms with Gasteiger partial charge in [0, 0.05) is 19.1 Å². The highest BCUT2D eigenvalue weighted by Gasteiger charge is 2.31. The predicted molar refractivity (Wildman–Crippen MR) is 65.4 cm³/mol. The molecular weight excluding hydrogens is 222 g/mol. The summed E-state index contributed by atoms with van der Waals surface area (Å²) in [7, 11) is 0. The molecule has 17 heavy (non-hydrogen) atoms. The quantitative estimate of drug-likeness (QED) is 0.774. The molecule has 0 aromatic carbocycles. The first kappa shape index (κ1) is 13.2. The molecule has 1 aliphatic carbocycles. The molecule has 0 bridgehead atoms. The van der Waals surface area contributed by atoms with E-state index in [1.165, 1.54) is 25.8 Å². The van der Waals surface area contributed by atoms with Crippen molar-refractivity contribution in [3.63, 3.8) is 0 Å². The van der Waals surface area contributed by atoms with Crippen LogP contribution in [0.25, 0.3) is 0 Å². The third kappa shape index (κ3) is 4.51. The number of rotatable bonds is 6. The Morgan fingerprint density at radius 1 is 1.24 bits per heavy atom. The van der Waals surface area contributed by atoms with Crippen molar-refractivity contribution in [2.45, 2.75) is 45.1 Å². The minimum atomic E-state index is -2.23. The minimum Gasteiger partial charge on any atom is -0.307 e. The van der Waals surface area contributed by atoms with Gasteiger partial charge in [-0.1, -0.05) is 19.8 Å². The van der Waals surface area contributed by atoms with Crippen LogP contribution in [0.2, 0.25) is 0 Å². The molecule has 0 spiro atoms. The lowest BCUT2D eigenvalue weighted by molar-refractivity contribution is 0.108. The predicted octanol–water partition coefficient (Wildman–Crippen LogP) is 2.35. The number of hydrogen-bond donors (Lipinski definition) is 1. The van der Waals surface area contributed by atoms with Crippen LogP contribution in [-0.4, -0.2) is 43.5 Å². The highest BCUT2D eigenvalue weighted by molar-refractivity contribution is 4.86. The summed E-state index contributed by atoms with van der Waals surface area (Å²) in [5.74, 6) is 1.65. The van der Waals surface area contributed by atoms with Gasteiger partial charge in [-0.2, -0.15) is 0 Å². The Morgan fingerprint density at radius 2 is 2.00 bits per heavy atom. The molecule has 100 valence electrons. The molecular formula is C13H24F2N2. The highest BCUT2D eigenvalue weighted by Crippen LogP contribution is 2.37. The summed E-state index contributed by atoms with van der Waals surface area (Å²) in [4.78, 5) is 2.40. The molecule has 0 aromatic rings. The summed E-state index contributed by atoms with van der Waals surface area (Å²) in [6.07, 6.45) is 2.94. The third-order valence-electron chi connectivity index (χ3n) is 3.98. The summed E-state index contributed by atoms with van der Waals surface area (Å²) < 4.78 is 24.4. The maximum absolute atomic E-state index is 12.2. The van der Waals surface area contributed by atoms with Gasteiger partial charge in [-0.15, -0.1) is 0 Å². The summed E-state index contributed by atoms with van der Waals surface area (Å²) in [6.45, 7) is 5.14. The molecule has 1 saturated carbocycles. The largest absolute Gasteiger partial charge is 0.307 e. The second-order valence-electron chi connectivity index (χ2n) is 5.63. The first-order valence-electron chi connectivity index (χ1n) is 6.91. The van der Waals surface area contributed by atoms with Crippen LogP contribution in [0, 0.1) is 11.8 Å². The van der Waals surface area contributed by atoms with E-state index in [1.807, 2.05) is 0 Å². The molecule has 2 fully saturated rings. The first-order chi connectivity index (χ1) is 8.17. The lowest BCUT2D eigenvalue weighted by atomic mass is 9.89. The van der Waals surface area contributed by atoms with Crippen molar-refractivity contribution in [2.75, 3.05) is 26.2 Å². The molecule has 2 aliphatic rings. The van der Waals surface area contributed by atoms with Crippen molar-refractivity contribution in [1.29, 1.82) is 0 Å². The van der Waals surface area contributed by atoms with Gasteiger partial charge >= 0.3 is 0 Å². The van der Waals surface area contributed by atoms with Crippen molar-refractivity contribution in [1.82, 2.24) is 10.2 Å². The summed E-state index contributed by atoms with van der Waals surface area (Å²) in [6, 6.07) is 0.265. The van der Waals surface area contributed by atoms with Gasteiger partial charge in [-0.3, -0.25) is 0 Å². The van der Waals surface area contributed by atoms with Crippen LogP contribution in [-0.2, 0) is 0 Å². The van der Waals surface area contributed by atoms with Crippen LogP contribution >= 0.6 is 0 Å². The number of nitrogens with one attached hydrogen (secondary N) is 1. The Balaban J connectivity index is 1.78. The zero-order chi connectivity index (χ0) is 12.3. The van der Waals surface area contributed by atoms with Gasteiger partial charge < -0.3 is 10.2 Å². The lowest BCUT2D eigenvalue weighted by Gasteiger charge is -2.38. The number of alkyl halides is 2. The Hall–Kier alpha value is -0.220. The van der Waals surface area contributed by atoms with Gasteiger partial charge in [0.05, 0.1) is 6.54 Å². The SMILES string of the molecule is CCN1CC(CC2CC2)CC(NCC(F)F)C1. The zero-order valence-corrected chi connectivity index (χ0v) is 10.7. The van der Waals surface area contributed by atoms with E-state index in [4.69, 9.17) is 0 Å². The zero-order valence-electron chi connectivity index (χ0n) is 10.7. The van der Waals surface area contributed by atoms with Crippen molar-refractivity contribution in [3.05, 3.63) is 0 Å². The molecule has 0 aromatic heterocycles. The third-order valence-corrected chi connectivity index (χ3v) is 3.98. The minimum absolute atomic E-state index is 0.154. The fraction of sp³-hybridized carbons (Fsp3) is 1.00. The molecule has 2 nitrogen and oxygen atoms in total. The lowest BCUT2D eigenvalue weighted by Crippen LogP contribution is -2.50. The fourth-order valence-corrected chi connectivity index (χ4v) is 2.96. The van der Waals surface area contributed by atoms with E-state index in [0.29, 0.717) is 5.92 Å². The number of nitrogens with zero attached hydrogens (tertiary/aromatic N) is 1. The average molecular weight is 246 g/mol. The standard InChI is InChI=1S/C13H24F2N2/c1-2-17-8-11(5-10-3-4-10)6-12(9-17)16-7-13(14)15/h10-13,16H,2-9H2,1H3. The van der Waals surface area contributed by atoms with Crippen LogP contribution in [0.15, 0.2) is 0 Å². The van der Waals surface area contributed by atoms with Crippen LogP contribution in [0.1, 0.15) is 32.6 Å². The number of hydrogen-bond acceptors (Lipinski definition) is 2. The van der Waals surface area contributed by atoms with Gasteiger partial charge in [0.15, 0.2) is 0 Å². The van der Waals surface area contributed by atoms with E-state index < -0.39 is 6.43 Å². The molecule has 1 N–H and O–H groups in total. The van der Waals surface area contributed by atoms with Gasteiger partial charge in [-0.25, -0.2) is 8.78 Å². The van der Waals surface area contributed by atoms with E-state index in [1.54, 1.807) is 0 Å². The molecule has 4 heteroatoms. The molecule has 1 aliphatic heterocycles. The van der Waals surface area contributed by atoms with Crippen molar-refractivity contribution >= 4 is 0 Å². The molecule has 1 saturated heterocycles. The summed E-state index contributed by atoms with van der Waals surface area (Å²) in [5.41, 5.74) is 0. The van der Waals surface area contributed by atoms with Crippen molar-refractivity contribution < 1.29 is 8.78 Å². The van der Waals surface area contributed by atoms with Crippen LogP contribution < -0.4 is 5.32 Å². The molecule has 2 unspecified atom stereocenters. The molecule has 0 amide bonds. The van der Waals surface area contributed by atoms with Crippen LogP contribution in [0.4, 0.5) is 8.78 Å². The highest BCUT2D eigenvalue weighted by atomic mass is 19.3. The smallest absolute Gasteiger partial charge is 0.250 e. The maximum atomic E-state index is 12.2. The van der Waals surface area contributed by atoms with E-state index >= 15 is 0 Å². The monoisotopic (exact) mass is 246 g/mol. The van der Waals surface area contributed by atoms with Crippen LogP contribution in [0.3, 0.4) is 0 Å². The topological polar surface area (TPSA) is 15.3 Å². The van der Waals surface area contributed by atoms with Crippen LogP contribution in [0.5, 0.6) is 0 Å². The number of likely N-dealkylation sites (N-methyl/N-ethyl adjacent to an activating group) is 1. The molecule has 2 rings (SSSR count). The van der Waals surface area contributed by atoms with E-state index in [2.05, 4.69) is 17.1 Å². The molecule has 0 radical (unpaired) electrons. The summed E-state index contributed by atoms with van der Waals surface area (Å²) >= 11 is 0. The van der Waals surface area contributed by atoms with Gasteiger partial charge in [0.1, 0.15) is 0 Å². The van der Waals surface area contributed by atoms with Crippen molar-refractivity contribution in [3.8, 4) is 0 Å². The maximum Gasteiger partial charge on any atom is 0.250 e. The Labute approximate surface area is 103 Å². The second kappa shape index (κ2) is 6.10. The average Bonchev–Trinajstić information content (AvgIpc) is 3.10. The molecule has 1 heterocycles. The van der Waals surface area contributed by atoms with Gasteiger partial charge in [-0.05, 0) is 31.2 Å². The number of likely N-dealkylation sites (tertiary alicyclic amines) is 1. The molecule has 2 atom stereocenters. The summed E-state index contributed by atoms with van der Waals surface area (Å²) in [5, 5.41) is 3.02. The van der Waals surface area contributed by atoms with E-state index in [-0.39, 0.29) is 12.6 Å². The Kier molecular flexibility index (Phi) is 4.74. The number of halogens is 2. The van der Waals surface area contributed by atoms with Crippen molar-refractivity contribution in [2.24, 2.45) is 11.8 Å². The Bertz CT molecular complexity index is 231. The van der Waals surface area contributed by atoms with E-state index in [9.17, 15) is 8.78 Å². The fourth-order valence-electron chi connectivity index (χ4n) is 2.96. The number of piperidine rings is 1.